The molecule has 0 atom stereocenters. The number of nitrogens with one attached hydrogen (secondary N) is 1. The molecule has 1 heterocycles. The van der Waals surface area contributed by atoms with Gasteiger partial charge in [0.1, 0.15) is 0 Å². The lowest BCUT2D eigenvalue weighted by Gasteiger charge is -2.10. The standard InChI is InChI=1S/C23H16Cl2N4O2/c24-19-11-10-16(12-20(19)25)13-26-27-22(30)21-17-8-4-5-9-18(17)23(31)29(28-21)14-15-6-2-1-3-7-15/h1-13H,14H2,(H,27,30). The summed E-state index contributed by atoms with van der Waals surface area (Å²) in [6.45, 7) is 0.247. The second kappa shape index (κ2) is 9.12. The number of rotatable bonds is 5. The topological polar surface area (TPSA) is 76.3 Å². The molecule has 6 nitrogen and oxygen atoms in total. The van der Waals surface area contributed by atoms with Gasteiger partial charge < -0.3 is 0 Å². The van der Waals surface area contributed by atoms with Crippen molar-refractivity contribution in [2.45, 2.75) is 6.54 Å². The summed E-state index contributed by atoms with van der Waals surface area (Å²) in [6.07, 6.45) is 1.45. The number of carbonyl (C=O) groups is 1. The zero-order valence-electron chi connectivity index (χ0n) is 16.1. The molecule has 0 radical (unpaired) electrons. The number of amides is 1. The molecule has 0 fully saturated rings. The Hall–Kier alpha value is -3.48. The average Bonchev–Trinajstić information content (AvgIpc) is 2.79. The van der Waals surface area contributed by atoms with Crippen molar-refractivity contribution in [2.24, 2.45) is 5.10 Å². The maximum absolute atomic E-state index is 12.9. The highest BCUT2D eigenvalue weighted by atomic mass is 35.5. The third-order valence-corrected chi connectivity index (χ3v) is 5.32. The first-order valence-corrected chi connectivity index (χ1v) is 10.1. The summed E-state index contributed by atoms with van der Waals surface area (Å²) in [5.41, 5.74) is 3.87. The third-order valence-electron chi connectivity index (χ3n) is 4.58. The van der Waals surface area contributed by atoms with E-state index in [1.54, 1.807) is 42.5 Å². The van der Waals surface area contributed by atoms with Gasteiger partial charge in [0.25, 0.3) is 11.5 Å². The number of hydrogen-bond donors (Lipinski definition) is 1. The Morgan fingerprint density at radius 2 is 1.68 bits per heavy atom. The summed E-state index contributed by atoms with van der Waals surface area (Å²) in [5.74, 6) is -0.533. The molecular formula is C23H16Cl2N4O2. The van der Waals surface area contributed by atoms with Gasteiger partial charge in [-0.1, -0.05) is 77.8 Å². The van der Waals surface area contributed by atoms with Gasteiger partial charge in [0.2, 0.25) is 0 Å². The maximum atomic E-state index is 12.9. The van der Waals surface area contributed by atoms with E-state index in [1.165, 1.54) is 10.9 Å². The summed E-state index contributed by atoms with van der Waals surface area (Å²) >= 11 is 11.9. The van der Waals surface area contributed by atoms with Crippen LogP contribution in [-0.4, -0.2) is 21.9 Å². The number of fused-ring (bicyclic) bond motifs is 1. The Labute approximate surface area is 187 Å². The SMILES string of the molecule is O=C(NN=Cc1ccc(Cl)c(Cl)c1)c1nn(Cc2ccccc2)c(=O)c2ccccc12. The molecule has 31 heavy (non-hydrogen) atoms. The molecule has 1 aromatic heterocycles. The van der Waals surface area contributed by atoms with Gasteiger partial charge >= 0.3 is 0 Å². The molecule has 0 spiro atoms. The Kier molecular flexibility index (Phi) is 6.11. The second-order valence-electron chi connectivity index (χ2n) is 6.72. The lowest BCUT2D eigenvalue weighted by molar-refractivity contribution is 0.0949. The second-order valence-corrected chi connectivity index (χ2v) is 7.53. The van der Waals surface area contributed by atoms with Crippen LogP contribution in [-0.2, 0) is 6.54 Å². The summed E-state index contributed by atoms with van der Waals surface area (Å²) < 4.78 is 1.29. The smallest absolute Gasteiger partial charge is 0.267 e. The van der Waals surface area contributed by atoms with E-state index < -0.39 is 5.91 Å². The average molecular weight is 451 g/mol. The van der Waals surface area contributed by atoms with Crippen molar-refractivity contribution >= 4 is 46.1 Å². The van der Waals surface area contributed by atoms with Gasteiger partial charge in [0, 0.05) is 5.39 Å². The molecule has 0 aliphatic carbocycles. The van der Waals surface area contributed by atoms with E-state index in [-0.39, 0.29) is 17.8 Å². The normalized spacial score (nSPS) is 11.2. The van der Waals surface area contributed by atoms with E-state index in [4.69, 9.17) is 23.2 Å². The Morgan fingerprint density at radius 1 is 0.968 bits per heavy atom. The fourth-order valence-corrected chi connectivity index (χ4v) is 3.38. The molecule has 0 bridgehead atoms. The van der Waals surface area contributed by atoms with Crippen molar-refractivity contribution in [1.29, 1.82) is 0 Å². The van der Waals surface area contributed by atoms with Gasteiger partial charge in [-0.2, -0.15) is 10.2 Å². The van der Waals surface area contributed by atoms with Crippen molar-refractivity contribution in [3.05, 3.63) is 110 Å². The molecule has 0 saturated heterocycles. The quantitative estimate of drug-likeness (QED) is 0.358. The largest absolute Gasteiger partial charge is 0.292 e. The van der Waals surface area contributed by atoms with Crippen LogP contribution in [0.3, 0.4) is 0 Å². The van der Waals surface area contributed by atoms with Crippen LogP contribution < -0.4 is 11.0 Å². The molecule has 0 saturated carbocycles. The first kappa shape index (κ1) is 20.8. The van der Waals surface area contributed by atoms with Gasteiger partial charge in [-0.15, -0.1) is 0 Å². The van der Waals surface area contributed by atoms with E-state index >= 15 is 0 Å². The summed E-state index contributed by atoms with van der Waals surface area (Å²) in [7, 11) is 0. The first-order valence-electron chi connectivity index (χ1n) is 9.35. The number of benzene rings is 3. The van der Waals surface area contributed by atoms with Gasteiger partial charge in [-0.3, -0.25) is 9.59 Å². The van der Waals surface area contributed by atoms with Gasteiger partial charge in [0.05, 0.1) is 28.2 Å². The molecule has 8 heteroatoms. The Balaban J connectivity index is 1.66. The first-order chi connectivity index (χ1) is 15.0. The monoisotopic (exact) mass is 450 g/mol. The number of halogens is 2. The third kappa shape index (κ3) is 4.66. The van der Waals surface area contributed by atoms with Crippen LogP contribution in [0.4, 0.5) is 0 Å². The minimum Gasteiger partial charge on any atom is -0.267 e. The molecule has 0 aliphatic rings. The molecule has 3 aromatic carbocycles. The van der Waals surface area contributed by atoms with E-state index in [9.17, 15) is 9.59 Å². The van der Waals surface area contributed by atoms with Crippen LogP contribution in [0.25, 0.3) is 10.8 Å². The molecule has 1 N–H and O–H groups in total. The van der Waals surface area contributed by atoms with E-state index in [1.807, 2.05) is 30.3 Å². The highest BCUT2D eigenvalue weighted by Gasteiger charge is 2.16. The van der Waals surface area contributed by atoms with Crippen LogP contribution in [0.5, 0.6) is 0 Å². The number of nitrogens with zero attached hydrogens (tertiary/aromatic N) is 3. The molecular weight excluding hydrogens is 435 g/mol. The lowest BCUT2D eigenvalue weighted by atomic mass is 10.1. The molecule has 1 amide bonds. The molecule has 0 unspecified atom stereocenters. The van der Waals surface area contributed by atoms with Gasteiger partial charge in [-0.25, -0.2) is 10.1 Å². The molecule has 4 rings (SSSR count). The summed E-state index contributed by atoms with van der Waals surface area (Å²) in [6, 6.07) is 21.3. The predicted octanol–water partition coefficient (Wildman–Crippen LogP) is 4.52. The van der Waals surface area contributed by atoms with Crippen molar-refractivity contribution in [2.75, 3.05) is 0 Å². The molecule has 154 valence electrons. The number of aromatic nitrogens is 2. The van der Waals surface area contributed by atoms with Crippen LogP contribution >= 0.6 is 23.2 Å². The number of hydrogen-bond acceptors (Lipinski definition) is 4. The van der Waals surface area contributed by atoms with Gasteiger partial charge in [-0.05, 0) is 29.3 Å². The maximum Gasteiger partial charge on any atom is 0.292 e. The van der Waals surface area contributed by atoms with Gasteiger partial charge in [0.15, 0.2) is 5.69 Å². The van der Waals surface area contributed by atoms with Crippen molar-refractivity contribution in [3.8, 4) is 0 Å². The van der Waals surface area contributed by atoms with Crippen LogP contribution in [0.15, 0.2) is 82.7 Å². The fraction of sp³-hybridized carbons (Fsp3) is 0.0435. The van der Waals surface area contributed by atoms with Crippen LogP contribution in [0, 0.1) is 0 Å². The minimum atomic E-state index is -0.533. The zero-order chi connectivity index (χ0) is 21.8. The summed E-state index contributed by atoms with van der Waals surface area (Å²) in [4.78, 5) is 25.7. The number of hydrazone groups is 1. The molecule has 0 aliphatic heterocycles. The van der Waals surface area contributed by atoms with Crippen molar-refractivity contribution < 1.29 is 4.79 Å². The van der Waals surface area contributed by atoms with E-state index in [2.05, 4.69) is 15.6 Å². The van der Waals surface area contributed by atoms with Crippen LogP contribution in [0.1, 0.15) is 21.6 Å². The zero-order valence-corrected chi connectivity index (χ0v) is 17.6. The Bertz CT molecular complexity index is 1350. The molecule has 4 aromatic rings. The van der Waals surface area contributed by atoms with Crippen molar-refractivity contribution in [1.82, 2.24) is 15.2 Å². The predicted molar refractivity (Wildman–Crippen MR) is 123 cm³/mol. The minimum absolute atomic E-state index is 0.109. The van der Waals surface area contributed by atoms with E-state index in [0.717, 1.165) is 5.56 Å². The Morgan fingerprint density at radius 3 is 2.42 bits per heavy atom. The van der Waals surface area contributed by atoms with E-state index in [0.29, 0.717) is 26.4 Å². The number of carbonyl (C=O) groups excluding carboxylic acids is 1. The lowest BCUT2D eigenvalue weighted by Crippen LogP contribution is -2.29. The summed E-state index contributed by atoms with van der Waals surface area (Å²) in [5, 5.41) is 9.99. The highest BCUT2D eigenvalue weighted by Crippen LogP contribution is 2.21. The fourth-order valence-electron chi connectivity index (χ4n) is 3.08. The highest BCUT2D eigenvalue weighted by molar-refractivity contribution is 6.42. The van der Waals surface area contributed by atoms with Crippen molar-refractivity contribution in [3.63, 3.8) is 0 Å². The van der Waals surface area contributed by atoms with Crippen LogP contribution in [0.2, 0.25) is 10.0 Å².